The Kier molecular flexibility index (Phi) is 5.37. The lowest BCUT2D eigenvalue weighted by Gasteiger charge is -2.21. The number of hydrogen-bond acceptors (Lipinski definition) is 5. The minimum atomic E-state index is -0.497. The summed E-state index contributed by atoms with van der Waals surface area (Å²) in [6.07, 6.45) is 0. The van der Waals surface area contributed by atoms with Gasteiger partial charge in [-0.1, -0.05) is 6.07 Å². The van der Waals surface area contributed by atoms with Crippen LogP contribution in [0.25, 0.3) is 0 Å². The van der Waals surface area contributed by atoms with Crippen molar-refractivity contribution in [1.82, 2.24) is 4.90 Å². The van der Waals surface area contributed by atoms with Crippen LogP contribution in [0.2, 0.25) is 0 Å². The summed E-state index contributed by atoms with van der Waals surface area (Å²) in [6, 6.07) is 4.45. The van der Waals surface area contributed by atoms with Crippen molar-refractivity contribution in [3.63, 3.8) is 0 Å². The van der Waals surface area contributed by atoms with Gasteiger partial charge in [-0.25, -0.2) is 4.79 Å². The Hall–Kier alpha value is -2.24. The largest absolute Gasteiger partial charge is 0.462 e. The standard InChI is InChI=1S/C14H21N3O3/c1-5-20-14(19)10-7-6-8-11(15)12(10)16-9(2)13(18)17(3)4/h6-9,16H,5,15H2,1-4H3. The lowest BCUT2D eigenvalue weighted by Crippen LogP contribution is -2.37. The van der Waals surface area contributed by atoms with Gasteiger partial charge in [0.15, 0.2) is 0 Å². The molecular weight excluding hydrogens is 258 g/mol. The second-order valence-corrected chi connectivity index (χ2v) is 4.59. The van der Waals surface area contributed by atoms with E-state index in [0.29, 0.717) is 16.9 Å². The van der Waals surface area contributed by atoms with Gasteiger partial charge in [-0.2, -0.15) is 0 Å². The van der Waals surface area contributed by atoms with E-state index in [-0.39, 0.29) is 12.5 Å². The normalized spacial score (nSPS) is 11.6. The van der Waals surface area contributed by atoms with Gasteiger partial charge < -0.3 is 20.7 Å². The number of amides is 1. The fourth-order valence-electron chi connectivity index (χ4n) is 1.78. The zero-order chi connectivity index (χ0) is 15.3. The summed E-state index contributed by atoms with van der Waals surface area (Å²) in [5, 5.41) is 2.98. The number of carbonyl (C=O) groups excluding carboxylic acids is 2. The molecule has 1 unspecified atom stereocenters. The third-order valence-corrected chi connectivity index (χ3v) is 2.76. The van der Waals surface area contributed by atoms with Gasteiger partial charge in [0, 0.05) is 14.1 Å². The molecule has 1 aromatic rings. The van der Waals surface area contributed by atoms with Gasteiger partial charge in [-0.3, -0.25) is 4.79 Å². The second kappa shape index (κ2) is 6.79. The zero-order valence-electron chi connectivity index (χ0n) is 12.3. The number of rotatable bonds is 5. The quantitative estimate of drug-likeness (QED) is 0.627. The van der Waals surface area contributed by atoms with E-state index in [9.17, 15) is 9.59 Å². The fraction of sp³-hybridized carbons (Fsp3) is 0.429. The van der Waals surface area contributed by atoms with Gasteiger partial charge in [0.25, 0.3) is 0 Å². The zero-order valence-corrected chi connectivity index (χ0v) is 12.3. The summed E-state index contributed by atoms with van der Waals surface area (Å²) < 4.78 is 4.98. The molecule has 0 aliphatic heterocycles. The van der Waals surface area contributed by atoms with Crippen LogP contribution in [0.5, 0.6) is 0 Å². The van der Waals surface area contributed by atoms with Crippen LogP contribution in [0.1, 0.15) is 24.2 Å². The topological polar surface area (TPSA) is 84.7 Å². The van der Waals surface area contributed by atoms with E-state index in [1.165, 1.54) is 4.90 Å². The smallest absolute Gasteiger partial charge is 0.340 e. The van der Waals surface area contributed by atoms with Crippen LogP contribution in [-0.2, 0) is 9.53 Å². The molecule has 6 heteroatoms. The van der Waals surface area contributed by atoms with Crippen molar-refractivity contribution in [2.24, 2.45) is 0 Å². The molecule has 0 aromatic heterocycles. The highest BCUT2D eigenvalue weighted by Gasteiger charge is 2.20. The number of ether oxygens (including phenoxy) is 1. The van der Waals surface area contributed by atoms with Crippen LogP contribution in [-0.4, -0.2) is 43.5 Å². The maximum absolute atomic E-state index is 11.9. The van der Waals surface area contributed by atoms with Crippen molar-refractivity contribution in [2.45, 2.75) is 19.9 Å². The predicted molar refractivity (Wildman–Crippen MR) is 78.6 cm³/mol. The number of benzene rings is 1. The number of nitrogens with one attached hydrogen (secondary N) is 1. The molecule has 0 saturated heterocycles. The van der Waals surface area contributed by atoms with E-state index in [2.05, 4.69) is 5.32 Å². The van der Waals surface area contributed by atoms with Crippen molar-refractivity contribution >= 4 is 23.3 Å². The third-order valence-electron chi connectivity index (χ3n) is 2.76. The van der Waals surface area contributed by atoms with Crippen molar-refractivity contribution in [3.8, 4) is 0 Å². The molecule has 6 nitrogen and oxygen atoms in total. The number of hydrogen-bond donors (Lipinski definition) is 2. The molecule has 0 bridgehead atoms. The maximum atomic E-state index is 11.9. The fourth-order valence-corrected chi connectivity index (χ4v) is 1.78. The molecule has 0 fully saturated rings. The van der Waals surface area contributed by atoms with Gasteiger partial charge >= 0.3 is 5.97 Å². The van der Waals surface area contributed by atoms with Crippen LogP contribution < -0.4 is 11.1 Å². The highest BCUT2D eigenvalue weighted by Crippen LogP contribution is 2.25. The van der Waals surface area contributed by atoms with E-state index in [4.69, 9.17) is 10.5 Å². The average Bonchev–Trinajstić information content (AvgIpc) is 2.40. The molecule has 0 spiro atoms. The van der Waals surface area contributed by atoms with Gasteiger partial charge in [0.2, 0.25) is 5.91 Å². The summed E-state index contributed by atoms with van der Waals surface area (Å²) in [5.41, 5.74) is 7.03. The molecule has 0 aliphatic rings. The third kappa shape index (κ3) is 3.63. The first-order chi connectivity index (χ1) is 9.38. The molecule has 0 heterocycles. The van der Waals surface area contributed by atoms with Crippen LogP contribution in [0.15, 0.2) is 18.2 Å². The molecule has 1 aromatic carbocycles. The molecule has 110 valence electrons. The number of nitrogens with two attached hydrogens (primary N) is 1. The molecule has 1 atom stereocenters. The Balaban J connectivity index is 3.05. The van der Waals surface area contributed by atoms with Crippen LogP contribution in [0.3, 0.4) is 0 Å². The molecule has 0 saturated carbocycles. The van der Waals surface area contributed by atoms with Crippen LogP contribution in [0, 0.1) is 0 Å². The average molecular weight is 279 g/mol. The first-order valence-electron chi connectivity index (χ1n) is 6.41. The van der Waals surface area contributed by atoms with Crippen LogP contribution >= 0.6 is 0 Å². The summed E-state index contributed by atoms with van der Waals surface area (Å²) in [5.74, 6) is -0.574. The van der Waals surface area contributed by atoms with E-state index >= 15 is 0 Å². The number of esters is 1. The number of para-hydroxylation sites is 1. The Bertz CT molecular complexity index is 500. The summed E-state index contributed by atoms with van der Waals surface area (Å²) >= 11 is 0. The van der Waals surface area contributed by atoms with Gasteiger partial charge in [0.1, 0.15) is 6.04 Å². The van der Waals surface area contributed by atoms with E-state index in [1.807, 2.05) is 0 Å². The molecular formula is C14H21N3O3. The number of anilines is 2. The van der Waals surface area contributed by atoms with Gasteiger partial charge in [-0.05, 0) is 26.0 Å². The number of likely N-dealkylation sites (N-methyl/N-ethyl adjacent to an activating group) is 1. The summed E-state index contributed by atoms with van der Waals surface area (Å²) in [4.78, 5) is 25.2. The SMILES string of the molecule is CCOC(=O)c1cccc(N)c1NC(C)C(=O)N(C)C. The second-order valence-electron chi connectivity index (χ2n) is 4.59. The summed E-state index contributed by atoms with van der Waals surface area (Å²) in [6.45, 7) is 3.72. The minimum Gasteiger partial charge on any atom is -0.462 e. The molecule has 3 N–H and O–H groups in total. The first-order valence-corrected chi connectivity index (χ1v) is 6.41. The van der Waals surface area contributed by atoms with Crippen molar-refractivity contribution in [3.05, 3.63) is 23.8 Å². The molecule has 0 aliphatic carbocycles. The summed E-state index contributed by atoms with van der Waals surface area (Å²) in [7, 11) is 3.34. The maximum Gasteiger partial charge on any atom is 0.340 e. The predicted octanol–water partition coefficient (Wildman–Crippen LogP) is 1.33. The Labute approximate surface area is 118 Å². The Morgan fingerprint density at radius 3 is 2.60 bits per heavy atom. The lowest BCUT2D eigenvalue weighted by molar-refractivity contribution is -0.129. The van der Waals surface area contributed by atoms with Gasteiger partial charge in [0.05, 0.1) is 23.5 Å². The molecule has 20 heavy (non-hydrogen) atoms. The van der Waals surface area contributed by atoms with E-state index in [0.717, 1.165) is 0 Å². The lowest BCUT2D eigenvalue weighted by atomic mass is 10.1. The number of carbonyl (C=O) groups is 2. The van der Waals surface area contributed by atoms with Crippen molar-refractivity contribution < 1.29 is 14.3 Å². The molecule has 1 amide bonds. The monoisotopic (exact) mass is 279 g/mol. The Morgan fingerprint density at radius 2 is 2.05 bits per heavy atom. The molecule has 0 radical (unpaired) electrons. The van der Waals surface area contributed by atoms with Crippen molar-refractivity contribution in [2.75, 3.05) is 31.8 Å². The van der Waals surface area contributed by atoms with E-state index < -0.39 is 12.0 Å². The minimum absolute atomic E-state index is 0.108. The van der Waals surface area contributed by atoms with E-state index in [1.54, 1.807) is 46.1 Å². The highest BCUT2D eigenvalue weighted by molar-refractivity contribution is 6.00. The Morgan fingerprint density at radius 1 is 1.40 bits per heavy atom. The molecule has 1 rings (SSSR count). The van der Waals surface area contributed by atoms with Crippen molar-refractivity contribution in [1.29, 1.82) is 0 Å². The number of nitrogen functional groups attached to an aromatic ring is 1. The number of nitrogens with zero attached hydrogens (tertiary/aromatic N) is 1. The first kappa shape index (κ1) is 15.8. The van der Waals surface area contributed by atoms with Gasteiger partial charge in [-0.15, -0.1) is 0 Å². The van der Waals surface area contributed by atoms with Crippen LogP contribution in [0.4, 0.5) is 11.4 Å². The highest BCUT2D eigenvalue weighted by atomic mass is 16.5.